The number of esters is 1. The molecule has 4 heteroatoms. The van der Waals surface area contributed by atoms with Crippen molar-refractivity contribution in [2.75, 3.05) is 6.61 Å². The molecule has 0 heterocycles. The highest BCUT2D eigenvalue weighted by Crippen LogP contribution is 2.36. The molecular weight excluding hydrogens is 150 g/mol. The molecule has 1 N–H and O–H groups in total. The predicted molar refractivity (Wildman–Crippen MR) is 40.7 cm³/mol. The smallest absolute Gasteiger partial charge is 0.327 e. The van der Waals surface area contributed by atoms with Gasteiger partial charge in [0.05, 0.1) is 6.61 Å². The van der Waals surface area contributed by atoms with Crippen molar-refractivity contribution >= 4 is 18.8 Å². The lowest BCUT2D eigenvalue weighted by Gasteiger charge is -2.10. The highest BCUT2D eigenvalue weighted by molar-refractivity contribution is 7.78. The number of carbonyl (C=O) groups is 1. The van der Waals surface area contributed by atoms with Gasteiger partial charge in [-0.15, -0.1) is 0 Å². The summed E-state index contributed by atoms with van der Waals surface area (Å²) in [6.45, 7) is 2.24. The van der Waals surface area contributed by atoms with Crippen molar-refractivity contribution in [3.05, 3.63) is 0 Å². The highest BCUT2D eigenvalue weighted by Gasteiger charge is 2.50. The Kier molecular flexibility index (Phi) is 2.21. The van der Waals surface area contributed by atoms with Crippen LogP contribution < -0.4 is 4.72 Å². The van der Waals surface area contributed by atoms with E-state index < -0.39 is 5.54 Å². The minimum atomic E-state index is -0.445. The summed E-state index contributed by atoms with van der Waals surface area (Å²) in [5.41, 5.74) is -0.445. The van der Waals surface area contributed by atoms with E-state index in [2.05, 4.69) is 17.5 Å². The Morgan fingerprint density at radius 1 is 1.80 bits per heavy atom. The number of hydrogen-bond donors (Lipinski definition) is 2. The zero-order chi connectivity index (χ0) is 7.61. The topological polar surface area (TPSA) is 38.3 Å². The number of carbonyl (C=O) groups excluding carboxylic acids is 1. The van der Waals surface area contributed by atoms with Crippen LogP contribution in [0.5, 0.6) is 0 Å². The van der Waals surface area contributed by atoms with Gasteiger partial charge in [-0.05, 0) is 19.8 Å². The largest absolute Gasteiger partial charge is 0.465 e. The Bertz CT molecular complexity index is 145. The number of hydrogen-bond acceptors (Lipinski definition) is 4. The van der Waals surface area contributed by atoms with Crippen LogP contribution >= 0.6 is 12.8 Å². The molecule has 1 aliphatic carbocycles. The second-order valence-electron chi connectivity index (χ2n) is 2.41. The van der Waals surface area contributed by atoms with E-state index in [-0.39, 0.29) is 5.97 Å². The predicted octanol–water partition coefficient (Wildman–Crippen LogP) is 0.516. The molecule has 0 unspecified atom stereocenters. The quantitative estimate of drug-likeness (QED) is 0.468. The van der Waals surface area contributed by atoms with Crippen LogP contribution in [0.3, 0.4) is 0 Å². The average Bonchev–Trinajstić information content (AvgIpc) is 2.68. The van der Waals surface area contributed by atoms with Crippen molar-refractivity contribution in [1.29, 1.82) is 0 Å². The summed E-state index contributed by atoms with van der Waals surface area (Å²) in [6, 6.07) is 0. The first-order chi connectivity index (χ1) is 4.75. The lowest BCUT2D eigenvalue weighted by molar-refractivity contribution is -0.146. The molecule has 0 amide bonds. The Morgan fingerprint density at radius 2 is 2.40 bits per heavy atom. The van der Waals surface area contributed by atoms with Gasteiger partial charge in [0, 0.05) is 0 Å². The summed E-state index contributed by atoms with van der Waals surface area (Å²) in [7, 11) is 0. The van der Waals surface area contributed by atoms with Crippen molar-refractivity contribution in [1.82, 2.24) is 4.72 Å². The van der Waals surface area contributed by atoms with E-state index >= 15 is 0 Å². The Morgan fingerprint density at radius 3 is 2.70 bits per heavy atom. The minimum Gasteiger partial charge on any atom is -0.465 e. The molecule has 0 aromatic rings. The third kappa shape index (κ3) is 1.27. The van der Waals surface area contributed by atoms with E-state index in [1.165, 1.54) is 0 Å². The van der Waals surface area contributed by atoms with Crippen molar-refractivity contribution in [2.24, 2.45) is 0 Å². The van der Waals surface area contributed by atoms with E-state index in [1.54, 1.807) is 6.92 Å². The first kappa shape index (κ1) is 7.88. The first-order valence-corrected chi connectivity index (χ1v) is 3.78. The summed E-state index contributed by atoms with van der Waals surface area (Å²) in [6.07, 6.45) is 1.69. The molecule has 0 spiro atoms. The van der Waals surface area contributed by atoms with E-state index in [0.29, 0.717) is 6.61 Å². The van der Waals surface area contributed by atoms with E-state index in [4.69, 9.17) is 4.74 Å². The van der Waals surface area contributed by atoms with Crippen molar-refractivity contribution in [3.8, 4) is 0 Å². The fourth-order valence-electron chi connectivity index (χ4n) is 0.756. The van der Waals surface area contributed by atoms with Gasteiger partial charge in [0.1, 0.15) is 5.54 Å². The third-order valence-electron chi connectivity index (χ3n) is 1.63. The van der Waals surface area contributed by atoms with Gasteiger partial charge in [0.2, 0.25) is 0 Å². The van der Waals surface area contributed by atoms with E-state index in [1.807, 2.05) is 0 Å². The van der Waals surface area contributed by atoms with Gasteiger partial charge in [0.15, 0.2) is 0 Å². The number of ether oxygens (including phenoxy) is 1. The van der Waals surface area contributed by atoms with Crippen LogP contribution in [0, 0.1) is 0 Å². The molecule has 0 aromatic heterocycles. The van der Waals surface area contributed by atoms with Gasteiger partial charge in [-0.25, -0.2) is 4.72 Å². The van der Waals surface area contributed by atoms with Crippen LogP contribution in [0.15, 0.2) is 0 Å². The summed E-state index contributed by atoms with van der Waals surface area (Å²) in [4.78, 5) is 11.0. The van der Waals surface area contributed by atoms with E-state index in [9.17, 15) is 4.79 Å². The maximum absolute atomic E-state index is 11.0. The van der Waals surface area contributed by atoms with Crippen LogP contribution in [-0.2, 0) is 9.53 Å². The fourth-order valence-corrected chi connectivity index (χ4v) is 1.07. The van der Waals surface area contributed by atoms with Crippen LogP contribution in [0.2, 0.25) is 0 Å². The molecule has 10 heavy (non-hydrogen) atoms. The molecule has 1 rings (SSSR count). The standard InChI is InChI=1S/C6H11NO2S/c1-2-9-5(8)6(7-10)3-4-6/h7,10H,2-4H2,1H3. The van der Waals surface area contributed by atoms with Gasteiger partial charge in [0.25, 0.3) is 0 Å². The number of nitrogens with one attached hydrogen (secondary N) is 1. The highest BCUT2D eigenvalue weighted by atomic mass is 32.1. The maximum Gasteiger partial charge on any atom is 0.327 e. The Hall–Kier alpha value is -0.220. The molecule has 0 saturated heterocycles. The lowest BCUT2D eigenvalue weighted by atomic mass is 10.3. The fraction of sp³-hybridized carbons (Fsp3) is 0.833. The average molecular weight is 161 g/mol. The zero-order valence-corrected chi connectivity index (χ0v) is 6.78. The third-order valence-corrected chi connectivity index (χ3v) is 2.06. The van der Waals surface area contributed by atoms with Crippen LogP contribution in [0.25, 0.3) is 0 Å². The molecule has 1 fully saturated rings. The molecule has 0 radical (unpaired) electrons. The van der Waals surface area contributed by atoms with Crippen molar-refractivity contribution in [3.63, 3.8) is 0 Å². The van der Waals surface area contributed by atoms with Gasteiger partial charge in [-0.1, -0.05) is 12.8 Å². The van der Waals surface area contributed by atoms with E-state index in [0.717, 1.165) is 12.8 Å². The Balaban J connectivity index is 2.40. The second-order valence-corrected chi connectivity index (χ2v) is 2.64. The van der Waals surface area contributed by atoms with Crippen LogP contribution in [0.4, 0.5) is 0 Å². The molecular formula is C6H11NO2S. The molecule has 0 atom stereocenters. The molecule has 1 saturated carbocycles. The zero-order valence-electron chi connectivity index (χ0n) is 5.89. The van der Waals surface area contributed by atoms with Crippen molar-refractivity contribution < 1.29 is 9.53 Å². The molecule has 0 aromatic carbocycles. The summed E-state index contributed by atoms with van der Waals surface area (Å²) >= 11 is 3.84. The van der Waals surface area contributed by atoms with Crippen LogP contribution in [0.1, 0.15) is 19.8 Å². The molecule has 3 nitrogen and oxygen atoms in total. The van der Waals surface area contributed by atoms with Gasteiger partial charge in [-0.3, -0.25) is 4.79 Å². The maximum atomic E-state index is 11.0. The second kappa shape index (κ2) is 2.80. The van der Waals surface area contributed by atoms with Gasteiger partial charge in [-0.2, -0.15) is 0 Å². The lowest BCUT2D eigenvalue weighted by Crippen LogP contribution is -2.34. The molecule has 1 aliphatic rings. The summed E-state index contributed by atoms with van der Waals surface area (Å²) in [5.74, 6) is -0.176. The van der Waals surface area contributed by atoms with Crippen LogP contribution in [-0.4, -0.2) is 18.1 Å². The molecule has 58 valence electrons. The first-order valence-electron chi connectivity index (χ1n) is 3.33. The minimum absolute atomic E-state index is 0.176. The van der Waals surface area contributed by atoms with Crippen molar-refractivity contribution in [2.45, 2.75) is 25.3 Å². The molecule has 0 aliphatic heterocycles. The SMILES string of the molecule is CCOC(=O)C1(NS)CC1. The Labute approximate surface area is 65.7 Å². The number of thiol groups is 1. The normalized spacial score (nSPS) is 20.2. The van der Waals surface area contributed by atoms with Gasteiger partial charge >= 0.3 is 5.97 Å². The molecule has 0 bridgehead atoms. The van der Waals surface area contributed by atoms with Gasteiger partial charge < -0.3 is 4.74 Å². The summed E-state index contributed by atoms with van der Waals surface area (Å²) in [5, 5.41) is 0. The summed E-state index contributed by atoms with van der Waals surface area (Å²) < 4.78 is 7.47. The number of rotatable bonds is 3. The monoisotopic (exact) mass is 161 g/mol.